The Kier molecular flexibility index (Phi) is 5.18. The van der Waals surface area contributed by atoms with E-state index in [1.807, 2.05) is 18.2 Å². The van der Waals surface area contributed by atoms with Crippen molar-refractivity contribution >= 4 is 28.4 Å². The Bertz CT molecular complexity index is 1390. The van der Waals surface area contributed by atoms with E-state index in [0.29, 0.717) is 45.5 Å². The summed E-state index contributed by atoms with van der Waals surface area (Å²) in [5, 5.41) is 6.26. The highest BCUT2D eigenvalue weighted by Crippen LogP contribution is 2.29. The van der Waals surface area contributed by atoms with Crippen LogP contribution in [0.1, 0.15) is 26.3 Å². The number of alkyl halides is 2. The zero-order valence-electron chi connectivity index (χ0n) is 17.1. The van der Waals surface area contributed by atoms with E-state index in [1.165, 1.54) is 12.1 Å². The third-order valence-corrected chi connectivity index (χ3v) is 5.40. The maximum atomic E-state index is 13.3. The number of nitrogens with one attached hydrogen (secondary N) is 2. The Hall–Kier alpha value is -4.33. The van der Waals surface area contributed by atoms with Crippen molar-refractivity contribution < 1.29 is 23.1 Å². The lowest BCUT2D eigenvalue weighted by molar-refractivity contribution is -0.0498. The van der Waals surface area contributed by atoms with Crippen LogP contribution in [0.15, 0.2) is 72.8 Å². The fourth-order valence-electron chi connectivity index (χ4n) is 3.89. The number of benzene rings is 3. The van der Waals surface area contributed by atoms with E-state index < -0.39 is 6.61 Å². The molecular weight excluding hydrogens is 428 g/mol. The Morgan fingerprint density at radius 1 is 1.03 bits per heavy atom. The number of halogens is 2. The molecule has 0 spiro atoms. The van der Waals surface area contributed by atoms with Gasteiger partial charge in [0.05, 0.1) is 28.0 Å². The first kappa shape index (κ1) is 20.6. The van der Waals surface area contributed by atoms with Crippen molar-refractivity contribution in [3.05, 3.63) is 89.5 Å². The lowest BCUT2D eigenvalue weighted by atomic mass is 10.0. The van der Waals surface area contributed by atoms with Crippen molar-refractivity contribution in [3.63, 3.8) is 0 Å². The highest BCUT2D eigenvalue weighted by Gasteiger charge is 2.24. The minimum absolute atomic E-state index is 0.0312. The maximum absolute atomic E-state index is 13.3. The van der Waals surface area contributed by atoms with Gasteiger partial charge in [-0.05, 0) is 48.0 Å². The van der Waals surface area contributed by atoms with Crippen LogP contribution in [-0.2, 0) is 6.54 Å². The molecule has 0 saturated heterocycles. The minimum Gasteiger partial charge on any atom is -0.435 e. The number of carbonyl (C=O) groups excluding carboxylic acids is 2. The number of rotatable bonds is 5. The molecule has 6 nitrogen and oxygen atoms in total. The highest BCUT2D eigenvalue weighted by molar-refractivity contribution is 6.15. The van der Waals surface area contributed by atoms with Crippen molar-refractivity contribution in [2.24, 2.45) is 0 Å². The van der Waals surface area contributed by atoms with Crippen LogP contribution in [0.5, 0.6) is 5.75 Å². The fraction of sp³-hybridized carbons (Fsp3) is 0.0800. The molecule has 0 saturated carbocycles. The molecule has 2 N–H and O–H groups in total. The molecule has 2 heterocycles. The number of anilines is 1. The van der Waals surface area contributed by atoms with E-state index in [2.05, 4.69) is 20.4 Å². The normalized spacial score (nSPS) is 12.5. The van der Waals surface area contributed by atoms with Crippen molar-refractivity contribution in [2.75, 3.05) is 5.32 Å². The van der Waals surface area contributed by atoms with Gasteiger partial charge in [0, 0.05) is 17.5 Å². The summed E-state index contributed by atoms with van der Waals surface area (Å²) < 4.78 is 29.3. The van der Waals surface area contributed by atoms with Crippen molar-refractivity contribution in [1.29, 1.82) is 0 Å². The van der Waals surface area contributed by atoms with Gasteiger partial charge in [-0.2, -0.15) is 8.78 Å². The van der Waals surface area contributed by atoms with Crippen LogP contribution in [0.4, 0.5) is 14.5 Å². The van der Waals surface area contributed by atoms with E-state index in [-0.39, 0.29) is 17.6 Å². The lowest BCUT2D eigenvalue weighted by Crippen LogP contribution is -2.17. The lowest BCUT2D eigenvalue weighted by Gasteiger charge is -2.12. The highest BCUT2D eigenvalue weighted by atomic mass is 19.3. The monoisotopic (exact) mass is 445 g/mol. The summed E-state index contributed by atoms with van der Waals surface area (Å²) >= 11 is 0. The molecule has 2 amide bonds. The summed E-state index contributed by atoms with van der Waals surface area (Å²) in [5.74, 6) is -0.586. The van der Waals surface area contributed by atoms with E-state index >= 15 is 0 Å². The molecule has 33 heavy (non-hydrogen) atoms. The number of aromatic nitrogens is 1. The molecule has 0 bridgehead atoms. The minimum atomic E-state index is -2.91. The van der Waals surface area contributed by atoms with E-state index in [1.54, 1.807) is 42.5 Å². The number of fused-ring (bicyclic) bond motifs is 2. The molecule has 5 rings (SSSR count). The van der Waals surface area contributed by atoms with Crippen molar-refractivity contribution in [2.45, 2.75) is 13.2 Å². The van der Waals surface area contributed by atoms with Gasteiger partial charge in [0.1, 0.15) is 5.75 Å². The van der Waals surface area contributed by atoms with Crippen LogP contribution < -0.4 is 15.4 Å². The molecule has 0 radical (unpaired) electrons. The van der Waals surface area contributed by atoms with Crippen LogP contribution in [0, 0.1) is 0 Å². The summed E-state index contributed by atoms with van der Waals surface area (Å²) in [5.41, 5.74) is 3.82. The average Bonchev–Trinajstić information content (AvgIpc) is 3.20. The van der Waals surface area contributed by atoms with Crippen LogP contribution in [0.25, 0.3) is 22.2 Å². The Morgan fingerprint density at radius 2 is 1.82 bits per heavy atom. The summed E-state index contributed by atoms with van der Waals surface area (Å²) in [7, 11) is 0. The molecule has 0 unspecified atom stereocenters. The van der Waals surface area contributed by atoms with Crippen molar-refractivity contribution in [1.82, 2.24) is 10.3 Å². The Balaban J connectivity index is 1.54. The summed E-state index contributed by atoms with van der Waals surface area (Å²) in [6, 6.07) is 20.2. The first-order chi connectivity index (χ1) is 16.0. The second kappa shape index (κ2) is 8.31. The number of hydrogen-bond acceptors (Lipinski definition) is 4. The number of para-hydroxylation sites is 1. The quantitative estimate of drug-likeness (QED) is 0.453. The molecule has 3 aromatic carbocycles. The number of ether oxygens (including phenoxy) is 1. The standard InChI is InChI=1S/C25H17F2N3O3/c26-25(27)33-16-10-8-14(9-11-16)21-12-18(17-5-1-2-6-19(17)29-21)23(31)30-20-7-3-4-15-13-28-24(32)22(15)20/h1-12,25H,13H2,(H,28,32)(H,30,31). The first-order valence-electron chi connectivity index (χ1n) is 10.2. The van der Waals surface area contributed by atoms with Crippen molar-refractivity contribution in [3.8, 4) is 17.0 Å². The first-order valence-corrected chi connectivity index (χ1v) is 10.2. The SMILES string of the molecule is O=C1NCc2cccc(NC(=O)c3cc(-c4ccc(OC(F)F)cc4)nc4ccccc34)c21. The summed E-state index contributed by atoms with van der Waals surface area (Å²) in [6.07, 6.45) is 0. The Morgan fingerprint density at radius 3 is 2.61 bits per heavy atom. The van der Waals surface area contributed by atoms with E-state index in [9.17, 15) is 18.4 Å². The zero-order chi connectivity index (χ0) is 22.9. The number of pyridine rings is 1. The summed E-state index contributed by atoms with van der Waals surface area (Å²) in [4.78, 5) is 30.2. The molecule has 1 aliphatic rings. The molecular formula is C25H17F2N3O3. The van der Waals surface area contributed by atoms with Gasteiger partial charge in [-0.1, -0.05) is 30.3 Å². The van der Waals surface area contributed by atoms with Crippen LogP contribution in [0.2, 0.25) is 0 Å². The molecule has 1 aliphatic heterocycles. The molecule has 8 heteroatoms. The van der Waals surface area contributed by atoms with Gasteiger partial charge >= 0.3 is 6.61 Å². The van der Waals surface area contributed by atoms with Gasteiger partial charge in [0.15, 0.2) is 0 Å². The molecule has 0 fully saturated rings. The number of carbonyl (C=O) groups is 2. The summed E-state index contributed by atoms with van der Waals surface area (Å²) in [6.45, 7) is -2.49. The molecule has 4 aromatic rings. The van der Waals surface area contributed by atoms with Gasteiger partial charge < -0.3 is 15.4 Å². The number of amides is 2. The zero-order valence-corrected chi connectivity index (χ0v) is 17.1. The number of nitrogens with zero attached hydrogens (tertiary/aromatic N) is 1. The third-order valence-electron chi connectivity index (χ3n) is 5.40. The molecule has 164 valence electrons. The maximum Gasteiger partial charge on any atom is 0.387 e. The smallest absolute Gasteiger partial charge is 0.387 e. The predicted octanol–water partition coefficient (Wildman–Crippen LogP) is 5.00. The predicted molar refractivity (Wildman–Crippen MR) is 119 cm³/mol. The average molecular weight is 445 g/mol. The van der Waals surface area contributed by atoms with E-state index in [4.69, 9.17) is 0 Å². The molecule has 0 atom stereocenters. The Labute approximate surface area is 187 Å². The largest absolute Gasteiger partial charge is 0.435 e. The van der Waals surface area contributed by atoms with Crippen LogP contribution in [0.3, 0.4) is 0 Å². The van der Waals surface area contributed by atoms with E-state index in [0.717, 1.165) is 5.56 Å². The van der Waals surface area contributed by atoms with Crippen LogP contribution in [-0.4, -0.2) is 23.4 Å². The molecule has 0 aliphatic carbocycles. The fourth-order valence-corrected chi connectivity index (χ4v) is 3.89. The molecule has 1 aromatic heterocycles. The van der Waals surface area contributed by atoms with Gasteiger partial charge in [-0.25, -0.2) is 4.98 Å². The van der Waals surface area contributed by atoms with Gasteiger partial charge in [0.25, 0.3) is 11.8 Å². The van der Waals surface area contributed by atoms with Gasteiger partial charge in [0.2, 0.25) is 0 Å². The second-order valence-electron chi connectivity index (χ2n) is 7.45. The topological polar surface area (TPSA) is 80.3 Å². The van der Waals surface area contributed by atoms with Gasteiger partial charge in [-0.3, -0.25) is 9.59 Å². The number of hydrogen-bond donors (Lipinski definition) is 2. The van der Waals surface area contributed by atoms with Crippen LogP contribution >= 0.6 is 0 Å². The third kappa shape index (κ3) is 3.98. The second-order valence-corrected chi connectivity index (χ2v) is 7.45. The van der Waals surface area contributed by atoms with Gasteiger partial charge in [-0.15, -0.1) is 0 Å².